The van der Waals surface area contributed by atoms with E-state index in [0.29, 0.717) is 12.6 Å². The van der Waals surface area contributed by atoms with E-state index in [4.69, 9.17) is 0 Å². The van der Waals surface area contributed by atoms with Crippen LogP contribution in [0.25, 0.3) is 10.9 Å². The molecule has 0 saturated heterocycles. The van der Waals surface area contributed by atoms with Gasteiger partial charge in [-0.2, -0.15) is 0 Å². The number of fused-ring (bicyclic) bond motifs is 3. The summed E-state index contributed by atoms with van der Waals surface area (Å²) < 4.78 is 16.3. The van der Waals surface area contributed by atoms with Crippen molar-refractivity contribution in [3.8, 4) is 0 Å². The highest BCUT2D eigenvalue weighted by molar-refractivity contribution is 5.86. The van der Waals surface area contributed by atoms with Crippen LogP contribution in [0.2, 0.25) is 0 Å². The van der Waals surface area contributed by atoms with Crippen molar-refractivity contribution in [2.24, 2.45) is 0 Å². The van der Waals surface area contributed by atoms with Crippen LogP contribution in [0.4, 0.5) is 4.39 Å². The Balaban J connectivity index is 1.69. The predicted molar refractivity (Wildman–Crippen MR) is 96.5 cm³/mol. The molecule has 1 aromatic heterocycles. The van der Waals surface area contributed by atoms with Gasteiger partial charge in [0.15, 0.2) is 0 Å². The van der Waals surface area contributed by atoms with E-state index >= 15 is 0 Å². The molecule has 0 bridgehead atoms. The number of rotatable bonds is 4. The summed E-state index contributed by atoms with van der Waals surface area (Å²) in [7, 11) is 0. The summed E-state index contributed by atoms with van der Waals surface area (Å²) in [5, 5.41) is 4.99. The zero-order valence-corrected chi connectivity index (χ0v) is 14.1. The molecule has 0 radical (unpaired) electrons. The van der Waals surface area contributed by atoms with Crippen molar-refractivity contribution >= 4 is 10.9 Å². The van der Waals surface area contributed by atoms with Crippen molar-refractivity contribution in [2.75, 3.05) is 0 Å². The Labute approximate surface area is 142 Å². The normalized spacial score (nSPS) is 17.2. The molecule has 3 heteroatoms. The van der Waals surface area contributed by atoms with Crippen molar-refractivity contribution in [3.63, 3.8) is 0 Å². The highest BCUT2D eigenvalue weighted by Gasteiger charge is 2.26. The Kier molecular flexibility index (Phi) is 4.11. The molecule has 0 saturated carbocycles. The molecule has 0 fully saturated rings. The van der Waals surface area contributed by atoms with Crippen LogP contribution in [0.1, 0.15) is 42.6 Å². The number of halogens is 1. The number of hydrogen-bond acceptors (Lipinski definition) is 1. The van der Waals surface area contributed by atoms with Crippen LogP contribution >= 0.6 is 0 Å². The third kappa shape index (κ3) is 2.53. The molecule has 0 amide bonds. The van der Waals surface area contributed by atoms with Gasteiger partial charge in [-0.25, -0.2) is 4.39 Å². The maximum absolute atomic E-state index is 13.9. The molecule has 4 rings (SSSR count). The van der Waals surface area contributed by atoms with Crippen LogP contribution in [-0.4, -0.2) is 4.57 Å². The van der Waals surface area contributed by atoms with Crippen molar-refractivity contribution in [1.29, 1.82) is 0 Å². The van der Waals surface area contributed by atoms with Crippen LogP contribution in [0.5, 0.6) is 0 Å². The summed E-state index contributed by atoms with van der Waals surface area (Å²) in [5.41, 5.74) is 4.94. The van der Waals surface area contributed by atoms with E-state index < -0.39 is 0 Å². The first-order valence-electron chi connectivity index (χ1n) is 8.86. The standard InChI is InChI=1S/C21H23FN2/c1-2-24-20-13-6-4-9-16(20)17-10-7-12-19(21(17)24)23-14-15-8-3-5-11-18(15)22/h3-6,8-9,11,13,19,23H,2,7,10,12,14H2,1H3. The number of para-hydroxylation sites is 1. The first-order valence-corrected chi connectivity index (χ1v) is 8.86. The summed E-state index contributed by atoms with van der Waals surface area (Å²) in [6.45, 7) is 3.74. The largest absolute Gasteiger partial charge is 0.343 e. The maximum atomic E-state index is 13.9. The fraction of sp³-hybridized carbons (Fsp3) is 0.333. The number of nitrogens with zero attached hydrogens (tertiary/aromatic N) is 1. The van der Waals surface area contributed by atoms with Gasteiger partial charge >= 0.3 is 0 Å². The first-order chi connectivity index (χ1) is 11.8. The van der Waals surface area contributed by atoms with Gasteiger partial charge in [0, 0.05) is 41.3 Å². The highest BCUT2D eigenvalue weighted by Crippen LogP contribution is 2.37. The molecule has 1 aliphatic rings. The van der Waals surface area contributed by atoms with E-state index in [1.807, 2.05) is 12.1 Å². The van der Waals surface area contributed by atoms with Crippen LogP contribution in [0, 0.1) is 5.82 Å². The highest BCUT2D eigenvalue weighted by atomic mass is 19.1. The van der Waals surface area contributed by atoms with E-state index in [-0.39, 0.29) is 5.82 Å². The molecule has 1 aliphatic carbocycles. The molecule has 1 unspecified atom stereocenters. The number of aromatic nitrogens is 1. The predicted octanol–water partition coefficient (Wildman–Crippen LogP) is 4.97. The van der Waals surface area contributed by atoms with E-state index in [9.17, 15) is 4.39 Å². The summed E-state index contributed by atoms with van der Waals surface area (Å²) >= 11 is 0. The zero-order valence-electron chi connectivity index (χ0n) is 14.1. The molecule has 2 nitrogen and oxygen atoms in total. The van der Waals surface area contributed by atoms with Gasteiger partial charge in [-0.1, -0.05) is 36.4 Å². The third-order valence-corrected chi connectivity index (χ3v) is 5.18. The molecular formula is C21H23FN2. The van der Waals surface area contributed by atoms with Gasteiger partial charge in [-0.3, -0.25) is 0 Å². The smallest absolute Gasteiger partial charge is 0.127 e. The monoisotopic (exact) mass is 322 g/mol. The second kappa shape index (κ2) is 6.40. The van der Waals surface area contributed by atoms with Gasteiger partial charge in [0.2, 0.25) is 0 Å². The van der Waals surface area contributed by atoms with E-state index in [1.165, 1.54) is 34.6 Å². The molecule has 24 heavy (non-hydrogen) atoms. The van der Waals surface area contributed by atoms with E-state index in [0.717, 1.165) is 24.9 Å². The van der Waals surface area contributed by atoms with Crippen LogP contribution in [-0.2, 0) is 19.5 Å². The second-order valence-electron chi connectivity index (χ2n) is 6.54. The molecule has 2 aromatic carbocycles. The van der Waals surface area contributed by atoms with Gasteiger partial charge in [-0.15, -0.1) is 0 Å². The lowest BCUT2D eigenvalue weighted by molar-refractivity contribution is 0.430. The summed E-state index contributed by atoms with van der Waals surface area (Å²) in [4.78, 5) is 0. The van der Waals surface area contributed by atoms with E-state index in [2.05, 4.69) is 41.1 Å². The zero-order chi connectivity index (χ0) is 16.5. The Bertz CT molecular complexity index is 832. The van der Waals surface area contributed by atoms with Crippen LogP contribution < -0.4 is 5.32 Å². The van der Waals surface area contributed by atoms with Crippen molar-refractivity contribution in [3.05, 3.63) is 71.2 Å². The number of hydrogen-bond donors (Lipinski definition) is 1. The lowest BCUT2D eigenvalue weighted by atomic mass is 9.91. The summed E-state index contributed by atoms with van der Waals surface area (Å²) in [5.74, 6) is -0.128. The van der Waals surface area contributed by atoms with Crippen molar-refractivity contribution in [1.82, 2.24) is 9.88 Å². The molecule has 1 N–H and O–H groups in total. The van der Waals surface area contributed by atoms with Crippen LogP contribution in [0.15, 0.2) is 48.5 Å². The average Bonchev–Trinajstić information content (AvgIpc) is 2.95. The lowest BCUT2D eigenvalue weighted by Gasteiger charge is -2.26. The van der Waals surface area contributed by atoms with Gasteiger partial charge in [0.25, 0.3) is 0 Å². The third-order valence-electron chi connectivity index (χ3n) is 5.18. The Morgan fingerprint density at radius 1 is 1.12 bits per heavy atom. The molecular weight excluding hydrogens is 299 g/mol. The molecule has 3 aromatic rings. The number of aryl methyl sites for hydroxylation is 2. The molecule has 124 valence electrons. The van der Waals surface area contributed by atoms with Crippen molar-refractivity contribution in [2.45, 2.75) is 45.3 Å². The van der Waals surface area contributed by atoms with Gasteiger partial charge in [0.05, 0.1) is 0 Å². The number of benzene rings is 2. The quantitative estimate of drug-likeness (QED) is 0.718. The number of nitrogens with one attached hydrogen (secondary N) is 1. The molecule has 0 spiro atoms. The fourth-order valence-corrected chi connectivity index (χ4v) is 4.09. The van der Waals surface area contributed by atoms with E-state index in [1.54, 1.807) is 6.07 Å². The van der Waals surface area contributed by atoms with Crippen LogP contribution in [0.3, 0.4) is 0 Å². The van der Waals surface area contributed by atoms with Crippen molar-refractivity contribution < 1.29 is 4.39 Å². The topological polar surface area (TPSA) is 17.0 Å². The van der Waals surface area contributed by atoms with Gasteiger partial charge < -0.3 is 9.88 Å². The second-order valence-corrected chi connectivity index (χ2v) is 6.54. The van der Waals surface area contributed by atoms with Gasteiger partial charge in [-0.05, 0) is 43.9 Å². The average molecular weight is 322 g/mol. The first kappa shape index (κ1) is 15.4. The minimum atomic E-state index is -0.128. The Morgan fingerprint density at radius 3 is 2.75 bits per heavy atom. The maximum Gasteiger partial charge on any atom is 0.127 e. The molecule has 1 heterocycles. The molecule has 0 aliphatic heterocycles. The minimum absolute atomic E-state index is 0.128. The summed E-state index contributed by atoms with van der Waals surface area (Å²) in [6, 6.07) is 16.0. The lowest BCUT2D eigenvalue weighted by Crippen LogP contribution is -2.27. The van der Waals surface area contributed by atoms with Gasteiger partial charge in [0.1, 0.15) is 5.82 Å². The summed E-state index contributed by atoms with van der Waals surface area (Å²) in [6.07, 6.45) is 3.43. The fourth-order valence-electron chi connectivity index (χ4n) is 4.09. The minimum Gasteiger partial charge on any atom is -0.343 e. The SMILES string of the molecule is CCn1c2c(c3ccccc31)CCCC2NCc1ccccc1F. The molecule has 1 atom stereocenters. The Hall–Kier alpha value is -2.13. The Morgan fingerprint density at radius 2 is 1.92 bits per heavy atom.